The maximum Gasteiger partial charge on any atom is 0.137 e. The van der Waals surface area contributed by atoms with E-state index in [-0.39, 0.29) is 12.3 Å². The first-order chi connectivity index (χ1) is 13.5. The third-order valence-corrected chi connectivity index (χ3v) is 4.61. The van der Waals surface area contributed by atoms with Crippen molar-refractivity contribution in [2.45, 2.75) is 39.0 Å². The van der Waals surface area contributed by atoms with Crippen LogP contribution in [0.1, 0.15) is 26.7 Å². The summed E-state index contributed by atoms with van der Waals surface area (Å²) in [6.07, 6.45) is 1.27. The number of fused-ring (bicyclic) bond motifs is 1. The van der Waals surface area contributed by atoms with E-state index < -0.39 is 0 Å². The van der Waals surface area contributed by atoms with Gasteiger partial charge in [0.15, 0.2) is 0 Å². The maximum atomic E-state index is 6.12. The number of ether oxygens (including phenoxy) is 1. The van der Waals surface area contributed by atoms with Gasteiger partial charge in [-0.2, -0.15) is 0 Å². The topological polar surface area (TPSA) is 111 Å². The van der Waals surface area contributed by atoms with Crippen molar-refractivity contribution in [3.8, 4) is 17.0 Å². The van der Waals surface area contributed by atoms with Crippen LogP contribution in [0.15, 0.2) is 42.5 Å². The van der Waals surface area contributed by atoms with Crippen LogP contribution in [-0.4, -0.2) is 29.4 Å². The number of hydrogen-bond acceptors (Lipinski definition) is 7. The second kappa shape index (κ2) is 8.86. The van der Waals surface area contributed by atoms with Crippen LogP contribution >= 0.6 is 0 Å². The molecule has 6 N–H and O–H groups in total. The number of anilines is 2. The fourth-order valence-electron chi connectivity index (χ4n) is 2.80. The number of nitrogens with zero attached hydrogens (tertiary/aromatic N) is 2. The summed E-state index contributed by atoms with van der Waals surface area (Å²) in [5.74, 6) is 2.25. The summed E-state index contributed by atoms with van der Waals surface area (Å²) in [5, 5.41) is 7.42. The van der Waals surface area contributed by atoms with Gasteiger partial charge in [-0.3, -0.25) is 0 Å². The van der Waals surface area contributed by atoms with Gasteiger partial charge >= 0.3 is 0 Å². The highest BCUT2D eigenvalue weighted by Gasteiger charge is 2.12. The molecule has 0 aliphatic rings. The molecule has 0 saturated heterocycles. The summed E-state index contributed by atoms with van der Waals surface area (Å²) < 4.78 is 5.25. The van der Waals surface area contributed by atoms with Crippen molar-refractivity contribution < 1.29 is 4.74 Å². The quantitative estimate of drug-likeness (QED) is 0.442. The molecule has 2 heterocycles. The Morgan fingerprint density at radius 2 is 1.61 bits per heavy atom. The molecule has 1 aromatic carbocycles. The van der Waals surface area contributed by atoms with E-state index in [1.54, 1.807) is 7.11 Å². The van der Waals surface area contributed by atoms with Crippen LogP contribution in [0.2, 0.25) is 0 Å². The molecule has 7 heteroatoms. The molecule has 0 aliphatic heterocycles. The first-order valence-electron chi connectivity index (χ1n) is 9.54. The van der Waals surface area contributed by atoms with Crippen molar-refractivity contribution in [2.75, 3.05) is 17.7 Å². The number of methoxy groups -OCH3 is 1. The summed E-state index contributed by atoms with van der Waals surface area (Å²) in [7, 11) is 1.65. The van der Waals surface area contributed by atoms with Gasteiger partial charge in [-0.1, -0.05) is 13.8 Å². The molecule has 7 nitrogen and oxygen atoms in total. The summed E-state index contributed by atoms with van der Waals surface area (Å²) in [5.41, 5.74) is 14.7. The Morgan fingerprint density at radius 1 is 0.929 bits per heavy atom. The molecule has 2 aromatic heterocycles. The van der Waals surface area contributed by atoms with Gasteiger partial charge in [0.05, 0.1) is 30.7 Å². The van der Waals surface area contributed by atoms with Gasteiger partial charge in [-0.25, -0.2) is 9.97 Å². The molecule has 0 fully saturated rings. The van der Waals surface area contributed by atoms with Crippen LogP contribution in [0.3, 0.4) is 0 Å². The third-order valence-electron chi connectivity index (χ3n) is 4.61. The fourth-order valence-corrected chi connectivity index (χ4v) is 2.80. The summed E-state index contributed by atoms with van der Waals surface area (Å²) in [6.45, 7) is 4.05. The predicted molar refractivity (Wildman–Crippen MR) is 115 cm³/mol. The van der Waals surface area contributed by atoms with Crippen LogP contribution in [0.4, 0.5) is 11.6 Å². The van der Waals surface area contributed by atoms with Crippen molar-refractivity contribution in [3.05, 3.63) is 42.5 Å². The third kappa shape index (κ3) is 4.49. The number of aromatic nitrogens is 2. The molecule has 28 heavy (non-hydrogen) atoms. The standard InChI is InChI=1S/C21H28N6O/c1-4-18(22)26-20-11-10-15-17(24-20)12-16(25-21(15)27-19(23)5-2)13-6-8-14(28-3)9-7-13/h6-12,18-19H,4-5,22-23H2,1-3H3,(H,24,26)(H,25,27). The molecule has 3 rings (SSSR count). The average Bonchev–Trinajstić information content (AvgIpc) is 2.73. The van der Waals surface area contributed by atoms with E-state index >= 15 is 0 Å². The second-order valence-corrected chi connectivity index (χ2v) is 6.67. The summed E-state index contributed by atoms with van der Waals surface area (Å²) in [6, 6.07) is 13.7. The van der Waals surface area contributed by atoms with E-state index in [1.807, 2.05) is 56.3 Å². The molecule has 148 valence electrons. The summed E-state index contributed by atoms with van der Waals surface area (Å²) in [4.78, 5) is 9.54. The minimum absolute atomic E-state index is 0.140. The monoisotopic (exact) mass is 380 g/mol. The number of nitrogens with one attached hydrogen (secondary N) is 2. The minimum Gasteiger partial charge on any atom is -0.497 e. The zero-order valence-corrected chi connectivity index (χ0v) is 16.6. The fraction of sp³-hybridized carbons (Fsp3) is 0.333. The van der Waals surface area contributed by atoms with Crippen LogP contribution in [-0.2, 0) is 0 Å². The average molecular weight is 380 g/mol. The van der Waals surface area contributed by atoms with Crippen LogP contribution in [0, 0.1) is 0 Å². The number of hydrogen-bond donors (Lipinski definition) is 4. The van der Waals surface area contributed by atoms with Crippen molar-refractivity contribution in [1.29, 1.82) is 0 Å². The molecule has 0 bridgehead atoms. The van der Waals surface area contributed by atoms with Crippen molar-refractivity contribution in [3.63, 3.8) is 0 Å². The number of rotatable bonds is 8. The minimum atomic E-state index is -0.187. The normalized spacial score (nSPS) is 13.2. The Balaban J connectivity index is 2.08. The van der Waals surface area contributed by atoms with Gasteiger partial charge in [-0.05, 0) is 55.3 Å². The highest BCUT2D eigenvalue weighted by molar-refractivity contribution is 5.93. The Morgan fingerprint density at radius 3 is 2.25 bits per heavy atom. The lowest BCUT2D eigenvalue weighted by Gasteiger charge is -2.17. The van der Waals surface area contributed by atoms with E-state index in [9.17, 15) is 0 Å². The van der Waals surface area contributed by atoms with E-state index in [0.29, 0.717) is 0 Å². The molecule has 0 amide bonds. The van der Waals surface area contributed by atoms with Gasteiger partial charge in [-0.15, -0.1) is 0 Å². The Kier molecular flexibility index (Phi) is 6.28. The van der Waals surface area contributed by atoms with Crippen molar-refractivity contribution in [2.24, 2.45) is 11.5 Å². The van der Waals surface area contributed by atoms with Gasteiger partial charge < -0.3 is 26.8 Å². The largest absolute Gasteiger partial charge is 0.497 e. The molecular formula is C21H28N6O. The highest BCUT2D eigenvalue weighted by Crippen LogP contribution is 2.29. The SMILES string of the molecule is CCC(N)Nc1ccc2c(NC(N)CC)nc(-c3ccc(OC)cc3)cc2n1. The van der Waals surface area contributed by atoms with Crippen molar-refractivity contribution >= 4 is 22.5 Å². The van der Waals surface area contributed by atoms with Crippen molar-refractivity contribution in [1.82, 2.24) is 9.97 Å². The van der Waals surface area contributed by atoms with Gasteiger partial charge in [0, 0.05) is 10.9 Å². The molecule has 3 aromatic rings. The first kappa shape index (κ1) is 19.9. The number of benzene rings is 1. The van der Waals surface area contributed by atoms with Gasteiger partial charge in [0.2, 0.25) is 0 Å². The molecular weight excluding hydrogens is 352 g/mol. The molecule has 0 spiro atoms. The summed E-state index contributed by atoms with van der Waals surface area (Å²) >= 11 is 0. The Labute approximate surface area is 165 Å². The smallest absolute Gasteiger partial charge is 0.137 e. The lowest BCUT2D eigenvalue weighted by Crippen LogP contribution is -2.29. The molecule has 0 saturated carbocycles. The maximum absolute atomic E-state index is 6.12. The predicted octanol–water partition coefficient (Wildman–Crippen LogP) is 3.52. The Bertz CT molecular complexity index is 928. The van der Waals surface area contributed by atoms with E-state index in [2.05, 4.69) is 10.6 Å². The lowest BCUT2D eigenvalue weighted by atomic mass is 10.1. The Hall–Kier alpha value is -2.90. The number of pyridine rings is 2. The highest BCUT2D eigenvalue weighted by atomic mass is 16.5. The molecule has 2 atom stereocenters. The lowest BCUT2D eigenvalue weighted by molar-refractivity contribution is 0.415. The number of nitrogens with two attached hydrogens (primary N) is 2. The van der Waals surface area contributed by atoms with Crippen LogP contribution < -0.4 is 26.8 Å². The zero-order chi connectivity index (χ0) is 20.1. The zero-order valence-electron chi connectivity index (χ0n) is 16.6. The van der Waals surface area contributed by atoms with Crippen LogP contribution in [0.5, 0.6) is 5.75 Å². The second-order valence-electron chi connectivity index (χ2n) is 6.67. The molecule has 2 unspecified atom stereocenters. The van der Waals surface area contributed by atoms with Gasteiger partial charge in [0.1, 0.15) is 17.4 Å². The van der Waals surface area contributed by atoms with E-state index in [1.165, 1.54) is 0 Å². The first-order valence-corrected chi connectivity index (χ1v) is 9.54. The molecule has 0 aliphatic carbocycles. The van der Waals surface area contributed by atoms with Gasteiger partial charge in [0.25, 0.3) is 0 Å². The molecule has 0 radical (unpaired) electrons. The van der Waals surface area contributed by atoms with E-state index in [0.717, 1.165) is 52.4 Å². The van der Waals surface area contributed by atoms with E-state index in [4.69, 9.17) is 26.2 Å². The van der Waals surface area contributed by atoms with Crippen LogP contribution in [0.25, 0.3) is 22.2 Å².